The molecule has 96 valence electrons. The summed E-state index contributed by atoms with van der Waals surface area (Å²) in [5.41, 5.74) is 1.61. The van der Waals surface area contributed by atoms with Gasteiger partial charge in [-0.2, -0.15) is 0 Å². The molecule has 3 rings (SSSR count). The Morgan fingerprint density at radius 1 is 1.22 bits per heavy atom. The third-order valence-electron chi connectivity index (χ3n) is 3.22. The number of aromatic amines is 1. The molecule has 1 saturated heterocycles. The number of aliphatic hydroxyl groups is 3. The largest absolute Gasteiger partial charge is 0.394 e. The maximum absolute atomic E-state index is 9.89. The van der Waals surface area contributed by atoms with Gasteiger partial charge in [-0.3, -0.25) is 0 Å². The van der Waals surface area contributed by atoms with E-state index in [0.29, 0.717) is 5.82 Å². The van der Waals surface area contributed by atoms with Crippen molar-refractivity contribution in [2.24, 2.45) is 0 Å². The van der Waals surface area contributed by atoms with Crippen LogP contribution < -0.4 is 0 Å². The van der Waals surface area contributed by atoms with E-state index in [-0.39, 0.29) is 6.61 Å². The van der Waals surface area contributed by atoms with Crippen LogP contribution in [0.2, 0.25) is 0 Å². The van der Waals surface area contributed by atoms with Gasteiger partial charge >= 0.3 is 0 Å². The average molecular weight is 250 g/mol. The molecule has 6 nitrogen and oxygen atoms in total. The molecular weight excluding hydrogens is 236 g/mol. The van der Waals surface area contributed by atoms with Crippen molar-refractivity contribution in [3.8, 4) is 0 Å². The minimum absolute atomic E-state index is 0.338. The molecule has 6 heteroatoms. The molecule has 0 aliphatic carbocycles. The average Bonchev–Trinajstić information content (AvgIpc) is 2.92. The lowest BCUT2D eigenvalue weighted by Crippen LogP contribution is -2.32. The van der Waals surface area contributed by atoms with Crippen LogP contribution in [0.4, 0.5) is 0 Å². The summed E-state index contributed by atoms with van der Waals surface area (Å²) in [4.78, 5) is 7.36. The zero-order valence-corrected chi connectivity index (χ0v) is 9.52. The third kappa shape index (κ3) is 1.70. The van der Waals surface area contributed by atoms with E-state index in [2.05, 4.69) is 9.97 Å². The number of nitrogens with zero attached hydrogens (tertiary/aromatic N) is 1. The van der Waals surface area contributed by atoms with Crippen LogP contribution in [-0.2, 0) is 4.74 Å². The first-order chi connectivity index (χ1) is 8.70. The van der Waals surface area contributed by atoms with Crippen molar-refractivity contribution in [2.45, 2.75) is 24.4 Å². The van der Waals surface area contributed by atoms with Crippen LogP contribution in [0.1, 0.15) is 11.9 Å². The van der Waals surface area contributed by atoms with E-state index in [1.807, 2.05) is 24.3 Å². The molecule has 1 unspecified atom stereocenters. The third-order valence-corrected chi connectivity index (χ3v) is 3.22. The predicted octanol–water partition coefficient (Wildman–Crippen LogP) is -0.283. The van der Waals surface area contributed by atoms with Crippen molar-refractivity contribution in [3.63, 3.8) is 0 Å². The molecule has 4 atom stereocenters. The Morgan fingerprint density at radius 3 is 2.67 bits per heavy atom. The number of benzene rings is 1. The standard InChI is InChI=1S/C12H14N2O4/c15-5-8-9(16)10(17)11(18-8)12-13-6-3-1-2-4-7(6)14-12/h1-4,8-11,15-17H,5H2,(H,13,14)/t8-,9+,10+,11?/m1/s1. The van der Waals surface area contributed by atoms with E-state index >= 15 is 0 Å². The van der Waals surface area contributed by atoms with E-state index in [1.165, 1.54) is 0 Å². The maximum Gasteiger partial charge on any atom is 0.144 e. The van der Waals surface area contributed by atoms with Crippen molar-refractivity contribution in [3.05, 3.63) is 30.1 Å². The van der Waals surface area contributed by atoms with E-state index in [4.69, 9.17) is 9.84 Å². The summed E-state index contributed by atoms with van der Waals surface area (Å²) in [6.45, 7) is -0.338. The van der Waals surface area contributed by atoms with Crippen molar-refractivity contribution >= 4 is 11.0 Å². The summed E-state index contributed by atoms with van der Waals surface area (Å²) in [7, 11) is 0. The van der Waals surface area contributed by atoms with E-state index in [9.17, 15) is 10.2 Å². The smallest absolute Gasteiger partial charge is 0.144 e. The molecule has 0 amide bonds. The number of rotatable bonds is 2. The Balaban J connectivity index is 1.95. The first kappa shape index (κ1) is 11.6. The second-order valence-corrected chi connectivity index (χ2v) is 4.40. The number of aromatic nitrogens is 2. The quantitative estimate of drug-likeness (QED) is 0.587. The molecule has 2 aromatic rings. The van der Waals surface area contributed by atoms with Crippen LogP contribution in [0.15, 0.2) is 24.3 Å². The van der Waals surface area contributed by atoms with E-state index in [1.54, 1.807) is 0 Å². The van der Waals surface area contributed by atoms with Crippen molar-refractivity contribution in [1.82, 2.24) is 9.97 Å². The van der Waals surface area contributed by atoms with Crippen molar-refractivity contribution in [2.75, 3.05) is 6.61 Å². The Kier molecular flexibility index (Phi) is 2.79. The SMILES string of the molecule is OC[C@H]1OC(c2nc3ccccc3[nH]2)[C@@H](O)[C@H]1O. The van der Waals surface area contributed by atoms with Gasteiger partial charge in [0.05, 0.1) is 17.6 Å². The minimum Gasteiger partial charge on any atom is -0.394 e. The molecule has 18 heavy (non-hydrogen) atoms. The normalized spacial score (nSPS) is 32.2. The fraction of sp³-hybridized carbons (Fsp3) is 0.417. The maximum atomic E-state index is 9.89. The van der Waals surface area contributed by atoms with Crippen LogP contribution >= 0.6 is 0 Å². The molecule has 1 aromatic carbocycles. The highest BCUT2D eigenvalue weighted by molar-refractivity contribution is 5.74. The summed E-state index contributed by atoms with van der Waals surface area (Å²) in [5, 5.41) is 28.6. The molecule has 2 heterocycles. The summed E-state index contributed by atoms with van der Waals surface area (Å²) >= 11 is 0. The Morgan fingerprint density at radius 2 is 2.00 bits per heavy atom. The number of nitrogens with one attached hydrogen (secondary N) is 1. The van der Waals surface area contributed by atoms with Crippen molar-refractivity contribution in [1.29, 1.82) is 0 Å². The van der Waals surface area contributed by atoms with Gasteiger partial charge in [0.2, 0.25) is 0 Å². The number of para-hydroxylation sites is 2. The van der Waals surface area contributed by atoms with Crippen LogP contribution in [0, 0.1) is 0 Å². The second-order valence-electron chi connectivity index (χ2n) is 4.40. The van der Waals surface area contributed by atoms with Gasteiger partial charge in [-0.05, 0) is 12.1 Å². The fourth-order valence-corrected chi connectivity index (χ4v) is 2.23. The monoisotopic (exact) mass is 250 g/mol. The van der Waals surface area contributed by atoms with Gasteiger partial charge in [-0.15, -0.1) is 0 Å². The highest BCUT2D eigenvalue weighted by Crippen LogP contribution is 2.32. The number of imidazole rings is 1. The van der Waals surface area contributed by atoms with Crippen LogP contribution in [-0.4, -0.2) is 50.2 Å². The molecular formula is C12H14N2O4. The van der Waals surface area contributed by atoms with Gasteiger partial charge in [-0.1, -0.05) is 12.1 Å². The molecule has 4 N–H and O–H groups in total. The number of H-pyrrole nitrogens is 1. The number of hydrogen-bond acceptors (Lipinski definition) is 5. The second kappa shape index (κ2) is 4.33. The first-order valence-corrected chi connectivity index (χ1v) is 5.78. The summed E-state index contributed by atoms with van der Waals surface area (Å²) in [6.07, 6.45) is -3.72. The Labute approximate surface area is 103 Å². The molecule has 1 aromatic heterocycles. The lowest BCUT2D eigenvalue weighted by molar-refractivity contribution is -0.0249. The first-order valence-electron chi connectivity index (χ1n) is 5.78. The predicted molar refractivity (Wildman–Crippen MR) is 62.8 cm³/mol. The number of fused-ring (bicyclic) bond motifs is 1. The van der Waals surface area contributed by atoms with Gasteiger partial charge in [0, 0.05) is 0 Å². The van der Waals surface area contributed by atoms with Gasteiger partial charge in [0.25, 0.3) is 0 Å². The molecule has 0 saturated carbocycles. The summed E-state index contributed by atoms with van der Waals surface area (Å²) in [5.74, 6) is 0.457. The van der Waals surface area contributed by atoms with Crippen LogP contribution in [0.25, 0.3) is 11.0 Å². The number of hydrogen-bond donors (Lipinski definition) is 4. The molecule has 1 fully saturated rings. The fourth-order valence-electron chi connectivity index (χ4n) is 2.23. The molecule has 0 radical (unpaired) electrons. The molecule has 1 aliphatic rings. The molecule has 1 aliphatic heterocycles. The topological polar surface area (TPSA) is 98.6 Å². The zero-order chi connectivity index (χ0) is 12.7. The summed E-state index contributed by atoms with van der Waals surface area (Å²) < 4.78 is 5.41. The Hall–Kier alpha value is -1.47. The van der Waals surface area contributed by atoms with Crippen molar-refractivity contribution < 1.29 is 20.1 Å². The lowest BCUT2D eigenvalue weighted by atomic mass is 10.1. The van der Waals surface area contributed by atoms with Crippen LogP contribution in [0.3, 0.4) is 0 Å². The molecule has 0 bridgehead atoms. The summed E-state index contributed by atoms with van der Waals surface area (Å²) in [6, 6.07) is 7.45. The van der Waals surface area contributed by atoms with Gasteiger partial charge in [0.15, 0.2) is 0 Å². The zero-order valence-electron chi connectivity index (χ0n) is 9.52. The van der Waals surface area contributed by atoms with Gasteiger partial charge < -0.3 is 25.0 Å². The highest BCUT2D eigenvalue weighted by Gasteiger charge is 2.44. The molecule has 0 spiro atoms. The van der Waals surface area contributed by atoms with E-state index < -0.39 is 24.4 Å². The number of aliphatic hydroxyl groups excluding tert-OH is 3. The van der Waals surface area contributed by atoms with E-state index in [0.717, 1.165) is 11.0 Å². The lowest BCUT2D eigenvalue weighted by Gasteiger charge is -2.11. The van der Waals surface area contributed by atoms with Gasteiger partial charge in [-0.25, -0.2) is 4.98 Å². The van der Waals surface area contributed by atoms with Crippen LogP contribution in [0.5, 0.6) is 0 Å². The minimum atomic E-state index is -1.10. The number of ether oxygens (including phenoxy) is 1. The van der Waals surface area contributed by atoms with Gasteiger partial charge in [0.1, 0.15) is 30.2 Å². The highest BCUT2D eigenvalue weighted by atomic mass is 16.6. The Bertz CT molecular complexity index is 523.